The molecule has 0 aliphatic heterocycles. The molecule has 0 radical (unpaired) electrons. The minimum absolute atomic E-state index is 0.163. The number of carboxylic acids is 1. The van der Waals surface area contributed by atoms with Gasteiger partial charge in [-0.05, 0) is 24.3 Å². The lowest BCUT2D eigenvalue weighted by atomic mass is 10.2. The molecule has 1 heterocycles. The fourth-order valence-electron chi connectivity index (χ4n) is 1.18. The zero-order valence-electron chi connectivity index (χ0n) is 8.95. The van der Waals surface area contributed by atoms with Gasteiger partial charge in [0.25, 0.3) is 0 Å². The number of azo groups is 1. The van der Waals surface area contributed by atoms with Gasteiger partial charge in [-0.2, -0.15) is 0 Å². The van der Waals surface area contributed by atoms with Gasteiger partial charge in [0.15, 0.2) is 5.00 Å². The molecular formula is C10H8N4O3S. The number of rotatable bonds is 3. The third-order valence-corrected chi connectivity index (χ3v) is 2.81. The molecule has 0 fully saturated rings. The van der Waals surface area contributed by atoms with Crippen molar-refractivity contribution in [1.29, 1.82) is 0 Å². The Hall–Kier alpha value is -2.48. The highest BCUT2D eigenvalue weighted by Crippen LogP contribution is 2.25. The third kappa shape index (κ3) is 2.61. The molecule has 7 nitrogen and oxygen atoms in total. The summed E-state index contributed by atoms with van der Waals surface area (Å²) in [5, 5.41) is 16.7. The van der Waals surface area contributed by atoms with Gasteiger partial charge in [-0.25, -0.2) is 4.79 Å². The first kappa shape index (κ1) is 12.0. The number of benzene rings is 1. The standard InChI is InChI=1S/C10H8N4O3S/c11-7-8(18-10(17)12-7)14-13-6-3-1-5(2-4-6)9(15)16/h1-4H,11H2,(H,12,17)(H,15,16). The summed E-state index contributed by atoms with van der Waals surface area (Å²) in [4.78, 5) is 23.7. The Bertz CT molecular complexity index is 657. The number of nitrogens with zero attached hydrogens (tertiary/aromatic N) is 2. The smallest absolute Gasteiger partial charge is 0.335 e. The van der Waals surface area contributed by atoms with Crippen LogP contribution in [0.15, 0.2) is 39.3 Å². The molecule has 0 unspecified atom stereocenters. The molecule has 1 aromatic carbocycles. The van der Waals surface area contributed by atoms with Crippen LogP contribution in [0.1, 0.15) is 10.4 Å². The normalized spacial score (nSPS) is 10.9. The summed E-state index contributed by atoms with van der Waals surface area (Å²) in [5.74, 6) is -0.845. The number of carbonyl (C=O) groups is 1. The first-order valence-corrected chi connectivity index (χ1v) is 5.61. The maximum atomic E-state index is 11.0. The van der Waals surface area contributed by atoms with E-state index in [2.05, 4.69) is 15.2 Å². The average Bonchev–Trinajstić information content (AvgIpc) is 2.66. The number of nitrogens with one attached hydrogen (secondary N) is 1. The molecule has 2 aromatic rings. The minimum Gasteiger partial charge on any atom is -0.478 e. The second-order valence-electron chi connectivity index (χ2n) is 3.29. The Morgan fingerprint density at radius 3 is 2.44 bits per heavy atom. The quantitative estimate of drug-likeness (QED) is 0.735. The monoisotopic (exact) mass is 264 g/mol. The predicted molar refractivity (Wildman–Crippen MR) is 66.9 cm³/mol. The van der Waals surface area contributed by atoms with E-state index >= 15 is 0 Å². The number of H-pyrrole nitrogens is 1. The summed E-state index contributed by atoms with van der Waals surface area (Å²) in [7, 11) is 0. The van der Waals surface area contributed by atoms with Crippen LogP contribution in [0.2, 0.25) is 0 Å². The summed E-state index contributed by atoms with van der Waals surface area (Å²) in [6.07, 6.45) is 0. The van der Waals surface area contributed by atoms with Gasteiger partial charge in [0, 0.05) is 0 Å². The SMILES string of the molecule is Nc1[nH]c(=O)sc1N=Nc1ccc(C(=O)O)cc1. The van der Waals surface area contributed by atoms with Crippen molar-refractivity contribution in [3.05, 3.63) is 39.5 Å². The molecule has 0 aliphatic rings. The van der Waals surface area contributed by atoms with Crippen LogP contribution in [0.4, 0.5) is 16.5 Å². The van der Waals surface area contributed by atoms with E-state index < -0.39 is 5.97 Å². The number of hydrogen-bond donors (Lipinski definition) is 3. The molecular weight excluding hydrogens is 256 g/mol. The predicted octanol–water partition coefficient (Wildman–Crippen LogP) is 2.13. The maximum Gasteiger partial charge on any atom is 0.335 e. The lowest BCUT2D eigenvalue weighted by molar-refractivity contribution is 0.0697. The molecule has 0 bridgehead atoms. The molecule has 0 spiro atoms. The van der Waals surface area contributed by atoms with Crippen molar-refractivity contribution in [1.82, 2.24) is 4.98 Å². The first-order chi connectivity index (χ1) is 8.56. The number of aromatic nitrogens is 1. The fraction of sp³-hybridized carbons (Fsp3) is 0. The Morgan fingerprint density at radius 2 is 1.94 bits per heavy atom. The van der Waals surface area contributed by atoms with Gasteiger partial charge in [-0.3, -0.25) is 9.78 Å². The summed E-state index contributed by atoms with van der Waals surface area (Å²) < 4.78 is 0. The van der Waals surface area contributed by atoms with E-state index in [-0.39, 0.29) is 16.3 Å². The maximum absolute atomic E-state index is 11.0. The number of hydrogen-bond acceptors (Lipinski definition) is 6. The summed E-state index contributed by atoms with van der Waals surface area (Å²) in [5.41, 5.74) is 6.13. The topological polar surface area (TPSA) is 121 Å². The van der Waals surface area contributed by atoms with Gasteiger partial charge in [0.2, 0.25) is 0 Å². The van der Waals surface area contributed by atoms with Crippen molar-refractivity contribution in [2.24, 2.45) is 10.2 Å². The Morgan fingerprint density at radius 1 is 1.28 bits per heavy atom. The molecule has 0 saturated heterocycles. The van der Waals surface area contributed by atoms with Gasteiger partial charge < -0.3 is 10.8 Å². The molecule has 4 N–H and O–H groups in total. The van der Waals surface area contributed by atoms with Crippen molar-refractivity contribution in [3.8, 4) is 0 Å². The van der Waals surface area contributed by atoms with Crippen LogP contribution in [0, 0.1) is 0 Å². The van der Waals surface area contributed by atoms with Gasteiger partial charge in [-0.15, -0.1) is 10.2 Å². The van der Waals surface area contributed by atoms with Crippen molar-refractivity contribution in [3.63, 3.8) is 0 Å². The van der Waals surface area contributed by atoms with Gasteiger partial charge >= 0.3 is 10.8 Å². The van der Waals surface area contributed by atoms with E-state index in [1.165, 1.54) is 24.3 Å². The Kier molecular flexibility index (Phi) is 3.20. The van der Waals surface area contributed by atoms with E-state index in [0.29, 0.717) is 10.7 Å². The highest BCUT2D eigenvalue weighted by molar-refractivity contribution is 7.13. The number of aromatic amines is 1. The van der Waals surface area contributed by atoms with Crippen LogP contribution in [0.3, 0.4) is 0 Å². The van der Waals surface area contributed by atoms with Crippen molar-refractivity contribution in [2.45, 2.75) is 0 Å². The van der Waals surface area contributed by atoms with E-state index in [4.69, 9.17) is 10.8 Å². The Balaban J connectivity index is 2.21. The van der Waals surface area contributed by atoms with E-state index in [9.17, 15) is 9.59 Å². The molecule has 2 rings (SSSR count). The molecule has 18 heavy (non-hydrogen) atoms. The summed E-state index contributed by atoms with van der Waals surface area (Å²) in [6.45, 7) is 0. The van der Waals surface area contributed by atoms with Gasteiger partial charge in [0.05, 0.1) is 11.3 Å². The fourth-order valence-corrected chi connectivity index (χ4v) is 1.76. The lowest BCUT2D eigenvalue weighted by Gasteiger charge is -1.94. The number of thiazole rings is 1. The summed E-state index contributed by atoms with van der Waals surface area (Å²) in [6, 6.07) is 5.86. The lowest BCUT2D eigenvalue weighted by Crippen LogP contribution is -1.94. The van der Waals surface area contributed by atoms with Gasteiger partial charge in [0.1, 0.15) is 5.82 Å². The van der Waals surface area contributed by atoms with Crippen LogP contribution in [0.5, 0.6) is 0 Å². The van der Waals surface area contributed by atoms with Gasteiger partial charge in [-0.1, -0.05) is 11.3 Å². The number of nitrogens with two attached hydrogens (primary N) is 1. The number of aromatic carboxylic acids is 1. The van der Waals surface area contributed by atoms with E-state index in [1.54, 1.807) is 0 Å². The van der Waals surface area contributed by atoms with Crippen LogP contribution in [-0.4, -0.2) is 16.1 Å². The Labute approximate surface area is 105 Å². The van der Waals surface area contributed by atoms with E-state index in [0.717, 1.165) is 11.3 Å². The van der Waals surface area contributed by atoms with Crippen LogP contribution >= 0.6 is 11.3 Å². The van der Waals surface area contributed by atoms with Crippen molar-refractivity contribution in [2.75, 3.05) is 5.73 Å². The first-order valence-electron chi connectivity index (χ1n) is 4.80. The third-order valence-electron chi connectivity index (χ3n) is 2.03. The second kappa shape index (κ2) is 4.80. The molecule has 92 valence electrons. The molecule has 0 atom stereocenters. The molecule has 1 aromatic heterocycles. The highest BCUT2D eigenvalue weighted by atomic mass is 32.1. The number of anilines is 1. The zero-order chi connectivity index (χ0) is 13.1. The number of carboxylic acid groups (broad SMARTS) is 1. The number of nitrogen functional groups attached to an aromatic ring is 1. The highest BCUT2D eigenvalue weighted by Gasteiger charge is 2.03. The van der Waals surface area contributed by atoms with Crippen LogP contribution in [0.25, 0.3) is 0 Å². The molecule has 0 aliphatic carbocycles. The average molecular weight is 264 g/mol. The minimum atomic E-state index is -1.01. The van der Waals surface area contributed by atoms with E-state index in [1.807, 2.05) is 0 Å². The van der Waals surface area contributed by atoms with Crippen molar-refractivity contribution < 1.29 is 9.90 Å². The van der Waals surface area contributed by atoms with Crippen LogP contribution < -0.4 is 10.6 Å². The largest absolute Gasteiger partial charge is 0.478 e. The molecule has 0 saturated carbocycles. The zero-order valence-corrected chi connectivity index (χ0v) is 9.77. The van der Waals surface area contributed by atoms with Crippen LogP contribution in [-0.2, 0) is 0 Å². The van der Waals surface area contributed by atoms with Crippen molar-refractivity contribution >= 4 is 33.8 Å². The molecule has 8 heteroatoms. The molecule has 0 amide bonds. The summed E-state index contributed by atoms with van der Waals surface area (Å²) >= 11 is 0.851. The second-order valence-corrected chi connectivity index (χ2v) is 4.25.